The van der Waals surface area contributed by atoms with E-state index in [0.29, 0.717) is 17.7 Å². The summed E-state index contributed by atoms with van der Waals surface area (Å²) in [5.74, 6) is -0.109. The van der Waals surface area contributed by atoms with E-state index >= 15 is 0 Å². The van der Waals surface area contributed by atoms with E-state index in [1.54, 1.807) is 42.1 Å². The Labute approximate surface area is 179 Å². The molecule has 2 aliphatic rings. The fourth-order valence-corrected chi connectivity index (χ4v) is 4.51. The summed E-state index contributed by atoms with van der Waals surface area (Å²) in [6.45, 7) is 2.46. The van der Waals surface area contributed by atoms with Crippen LogP contribution in [-0.2, 0) is 11.8 Å². The van der Waals surface area contributed by atoms with Crippen LogP contribution >= 0.6 is 0 Å². The predicted octanol–water partition coefficient (Wildman–Crippen LogP) is 5.27. The SMILES string of the molecule is CC1C(=O)N(C)c2cc(N3CC=Cc4cc(-c5cnn(C)c5)c(C(F)F)cc43)ccc21. The van der Waals surface area contributed by atoms with Gasteiger partial charge < -0.3 is 9.80 Å². The van der Waals surface area contributed by atoms with Gasteiger partial charge >= 0.3 is 0 Å². The molecule has 0 saturated heterocycles. The molecule has 2 aromatic carbocycles. The quantitative estimate of drug-likeness (QED) is 0.580. The molecule has 31 heavy (non-hydrogen) atoms. The first-order chi connectivity index (χ1) is 14.8. The maximum atomic E-state index is 14.0. The topological polar surface area (TPSA) is 41.4 Å². The summed E-state index contributed by atoms with van der Waals surface area (Å²) in [7, 11) is 3.54. The summed E-state index contributed by atoms with van der Waals surface area (Å²) in [5.41, 5.74) is 5.45. The molecule has 7 heteroatoms. The van der Waals surface area contributed by atoms with E-state index in [1.807, 2.05) is 48.2 Å². The van der Waals surface area contributed by atoms with E-state index < -0.39 is 6.43 Å². The molecule has 0 bridgehead atoms. The number of halogens is 2. The molecule has 1 amide bonds. The van der Waals surface area contributed by atoms with Gasteiger partial charge in [-0.25, -0.2) is 8.78 Å². The monoisotopic (exact) mass is 420 g/mol. The third-order valence-electron chi connectivity index (χ3n) is 6.18. The maximum absolute atomic E-state index is 14.0. The van der Waals surface area contributed by atoms with Gasteiger partial charge in [-0.2, -0.15) is 5.10 Å². The van der Waals surface area contributed by atoms with E-state index in [2.05, 4.69) is 5.10 Å². The van der Waals surface area contributed by atoms with Crippen molar-refractivity contribution in [1.29, 1.82) is 0 Å². The Kier molecular flexibility index (Phi) is 4.43. The van der Waals surface area contributed by atoms with Gasteiger partial charge in [-0.15, -0.1) is 0 Å². The van der Waals surface area contributed by atoms with Crippen molar-refractivity contribution in [2.45, 2.75) is 19.3 Å². The van der Waals surface area contributed by atoms with E-state index in [-0.39, 0.29) is 17.4 Å². The lowest BCUT2D eigenvalue weighted by atomic mass is 9.95. The fraction of sp³-hybridized carbons (Fsp3) is 0.250. The van der Waals surface area contributed by atoms with Gasteiger partial charge in [-0.3, -0.25) is 9.48 Å². The number of aryl methyl sites for hydroxylation is 1. The Morgan fingerprint density at radius 3 is 2.65 bits per heavy atom. The fourth-order valence-electron chi connectivity index (χ4n) is 4.51. The molecule has 3 heterocycles. The molecule has 1 aromatic heterocycles. The zero-order chi connectivity index (χ0) is 21.9. The summed E-state index contributed by atoms with van der Waals surface area (Å²) in [5, 5.41) is 4.13. The van der Waals surface area contributed by atoms with Crippen LogP contribution in [0.25, 0.3) is 17.2 Å². The molecule has 3 aromatic rings. The number of fused-ring (bicyclic) bond motifs is 2. The van der Waals surface area contributed by atoms with Gasteiger partial charge in [0.2, 0.25) is 5.91 Å². The van der Waals surface area contributed by atoms with Gasteiger partial charge in [0.1, 0.15) is 0 Å². The van der Waals surface area contributed by atoms with Crippen molar-refractivity contribution < 1.29 is 13.6 Å². The van der Waals surface area contributed by atoms with Crippen LogP contribution < -0.4 is 9.80 Å². The van der Waals surface area contributed by atoms with Gasteiger partial charge in [0.05, 0.1) is 12.1 Å². The molecular formula is C24H22F2N4O. The molecule has 0 fully saturated rings. The van der Waals surface area contributed by atoms with Crippen LogP contribution in [0.3, 0.4) is 0 Å². The van der Waals surface area contributed by atoms with Crippen LogP contribution in [0.1, 0.15) is 36.0 Å². The van der Waals surface area contributed by atoms with Crippen molar-refractivity contribution in [3.8, 4) is 11.1 Å². The number of carbonyl (C=O) groups excluding carboxylic acids is 1. The number of amides is 1. The van der Waals surface area contributed by atoms with Crippen LogP contribution in [0.5, 0.6) is 0 Å². The highest BCUT2D eigenvalue weighted by molar-refractivity contribution is 6.05. The van der Waals surface area contributed by atoms with Crippen LogP contribution in [0, 0.1) is 0 Å². The lowest BCUT2D eigenvalue weighted by Gasteiger charge is -2.30. The second kappa shape index (κ2) is 7.04. The van der Waals surface area contributed by atoms with Crippen LogP contribution in [-0.4, -0.2) is 29.3 Å². The third kappa shape index (κ3) is 3.03. The normalized spacial score (nSPS) is 17.5. The van der Waals surface area contributed by atoms with Gasteiger partial charge in [0.15, 0.2) is 0 Å². The number of alkyl halides is 2. The number of rotatable bonds is 3. The Hall–Kier alpha value is -3.48. The van der Waals surface area contributed by atoms with Crippen LogP contribution in [0.4, 0.5) is 25.8 Å². The van der Waals surface area contributed by atoms with Crippen molar-refractivity contribution in [1.82, 2.24) is 9.78 Å². The van der Waals surface area contributed by atoms with Crippen molar-refractivity contribution in [3.63, 3.8) is 0 Å². The molecule has 5 rings (SSSR count). The smallest absolute Gasteiger partial charge is 0.264 e. The first kappa shape index (κ1) is 19.5. The summed E-state index contributed by atoms with van der Waals surface area (Å²) in [6, 6.07) is 9.28. The molecule has 0 radical (unpaired) electrons. The number of likely N-dealkylation sites (N-methyl/N-ethyl adjacent to an activating group) is 1. The molecule has 5 nitrogen and oxygen atoms in total. The van der Waals surface area contributed by atoms with Gasteiger partial charge in [-0.05, 0) is 47.9 Å². The minimum atomic E-state index is -2.61. The number of benzene rings is 2. The molecule has 158 valence electrons. The minimum Gasteiger partial charge on any atom is -0.337 e. The average molecular weight is 420 g/mol. The van der Waals surface area contributed by atoms with Gasteiger partial charge in [-0.1, -0.05) is 18.2 Å². The number of anilines is 3. The predicted molar refractivity (Wildman–Crippen MR) is 118 cm³/mol. The second-order valence-electron chi connectivity index (χ2n) is 8.08. The van der Waals surface area contributed by atoms with Gasteiger partial charge in [0, 0.05) is 55.0 Å². The van der Waals surface area contributed by atoms with Gasteiger partial charge in [0.25, 0.3) is 6.43 Å². The zero-order valence-corrected chi connectivity index (χ0v) is 17.5. The lowest BCUT2D eigenvalue weighted by Crippen LogP contribution is -2.23. The molecule has 2 aliphatic heterocycles. The Balaban J connectivity index is 1.62. The molecule has 0 saturated carbocycles. The van der Waals surface area contributed by atoms with Crippen molar-refractivity contribution in [2.75, 3.05) is 23.4 Å². The summed E-state index contributed by atoms with van der Waals surface area (Å²) in [4.78, 5) is 16.0. The zero-order valence-electron chi connectivity index (χ0n) is 17.5. The van der Waals surface area contributed by atoms with Crippen molar-refractivity contribution >= 4 is 29.0 Å². The molecule has 0 N–H and O–H groups in total. The number of hydrogen-bond acceptors (Lipinski definition) is 3. The van der Waals surface area contributed by atoms with E-state index in [4.69, 9.17) is 0 Å². The van der Waals surface area contributed by atoms with Crippen molar-refractivity contribution in [3.05, 3.63) is 65.5 Å². The Morgan fingerprint density at radius 1 is 1.13 bits per heavy atom. The van der Waals surface area contributed by atoms with Crippen LogP contribution in [0.15, 0.2) is 48.8 Å². The highest BCUT2D eigenvalue weighted by Crippen LogP contribution is 2.43. The first-order valence-electron chi connectivity index (χ1n) is 10.2. The number of nitrogens with zero attached hydrogens (tertiary/aromatic N) is 4. The summed E-state index contributed by atoms with van der Waals surface area (Å²) >= 11 is 0. The molecule has 0 aliphatic carbocycles. The summed E-state index contributed by atoms with van der Waals surface area (Å²) < 4.78 is 29.7. The number of carbonyl (C=O) groups is 1. The largest absolute Gasteiger partial charge is 0.337 e. The average Bonchev–Trinajstić information content (AvgIpc) is 3.29. The third-order valence-corrected chi connectivity index (χ3v) is 6.18. The molecule has 1 atom stereocenters. The second-order valence-corrected chi connectivity index (χ2v) is 8.08. The van der Waals surface area contributed by atoms with Crippen molar-refractivity contribution in [2.24, 2.45) is 7.05 Å². The highest BCUT2D eigenvalue weighted by atomic mass is 19.3. The highest BCUT2D eigenvalue weighted by Gasteiger charge is 2.32. The standard InChI is InChI=1S/C24H22F2N4O/c1-14-18-7-6-17(10-22(18)29(3)24(14)31)30-8-4-5-15-9-19(16-12-27-28(2)13-16)20(23(25)26)11-21(15)30/h4-7,9-14,23H,8H2,1-3H3. The van der Waals surface area contributed by atoms with E-state index in [9.17, 15) is 13.6 Å². The van der Waals surface area contributed by atoms with E-state index in [1.165, 1.54) is 0 Å². The molecule has 1 unspecified atom stereocenters. The number of hydrogen-bond donors (Lipinski definition) is 0. The maximum Gasteiger partial charge on any atom is 0.264 e. The summed E-state index contributed by atoms with van der Waals surface area (Å²) in [6.07, 6.45) is 4.71. The van der Waals surface area contributed by atoms with Crippen LogP contribution in [0.2, 0.25) is 0 Å². The molecule has 0 spiro atoms. The molecular weight excluding hydrogens is 398 g/mol. The Morgan fingerprint density at radius 2 is 1.94 bits per heavy atom. The first-order valence-corrected chi connectivity index (χ1v) is 10.2. The van der Waals surface area contributed by atoms with E-state index in [0.717, 1.165) is 28.2 Å². The minimum absolute atomic E-state index is 0.0193. The lowest BCUT2D eigenvalue weighted by molar-refractivity contribution is -0.118. The number of aromatic nitrogens is 2. The Bertz CT molecular complexity index is 1230.